The normalized spacial score (nSPS) is 10.8. The third-order valence-corrected chi connectivity index (χ3v) is 4.16. The first-order valence-corrected chi connectivity index (χ1v) is 7.95. The Labute approximate surface area is 139 Å². The molecule has 24 heavy (non-hydrogen) atoms. The number of pyridine rings is 1. The van der Waals surface area contributed by atoms with Crippen LogP contribution in [0.5, 0.6) is 0 Å². The molecule has 0 saturated carbocycles. The van der Waals surface area contributed by atoms with Crippen molar-refractivity contribution >= 4 is 34.3 Å². The predicted octanol–water partition coefficient (Wildman–Crippen LogP) is 4.38. The molecule has 1 amide bonds. The van der Waals surface area contributed by atoms with Gasteiger partial charge in [0, 0.05) is 5.39 Å². The van der Waals surface area contributed by atoms with Gasteiger partial charge in [0.2, 0.25) is 5.91 Å². The number of anilines is 1. The van der Waals surface area contributed by atoms with Crippen LogP contribution in [0.2, 0.25) is 0 Å². The second-order valence-corrected chi connectivity index (χ2v) is 5.90. The fourth-order valence-corrected chi connectivity index (χ4v) is 2.75. The third-order valence-electron chi connectivity index (χ3n) is 3.23. The molecule has 3 aromatic rings. The molecule has 0 aliphatic rings. The summed E-state index contributed by atoms with van der Waals surface area (Å²) in [6, 6.07) is 12.9. The SMILES string of the molecule is O=C(CSc1ccc2ccccc2n1)Nc1ccc(F)c(F)c1F. The van der Waals surface area contributed by atoms with E-state index in [0.29, 0.717) is 5.03 Å². The van der Waals surface area contributed by atoms with Crippen LogP contribution < -0.4 is 5.32 Å². The Hall–Kier alpha value is -2.54. The van der Waals surface area contributed by atoms with E-state index in [4.69, 9.17) is 0 Å². The number of hydrogen-bond donors (Lipinski definition) is 1. The number of rotatable bonds is 4. The number of carbonyl (C=O) groups excluding carboxylic acids is 1. The average Bonchev–Trinajstić information content (AvgIpc) is 2.60. The first-order chi connectivity index (χ1) is 11.5. The van der Waals surface area contributed by atoms with E-state index in [-0.39, 0.29) is 5.75 Å². The Bertz CT molecular complexity index is 917. The van der Waals surface area contributed by atoms with Gasteiger partial charge in [0.05, 0.1) is 22.0 Å². The monoisotopic (exact) mass is 348 g/mol. The van der Waals surface area contributed by atoms with E-state index in [1.54, 1.807) is 6.07 Å². The number of benzene rings is 2. The molecular weight excluding hydrogens is 337 g/mol. The molecule has 3 nitrogen and oxygen atoms in total. The van der Waals surface area contributed by atoms with Crippen LogP contribution in [0.3, 0.4) is 0 Å². The second-order valence-electron chi connectivity index (χ2n) is 4.90. The molecule has 7 heteroatoms. The van der Waals surface area contributed by atoms with Crippen molar-refractivity contribution in [1.82, 2.24) is 4.98 Å². The number of carbonyl (C=O) groups is 1. The van der Waals surface area contributed by atoms with Gasteiger partial charge in [0.25, 0.3) is 0 Å². The molecule has 1 N–H and O–H groups in total. The molecular formula is C17H11F3N2OS. The molecule has 0 radical (unpaired) electrons. The summed E-state index contributed by atoms with van der Waals surface area (Å²) in [4.78, 5) is 16.3. The van der Waals surface area contributed by atoms with Crippen LogP contribution in [0.15, 0.2) is 53.6 Å². The van der Waals surface area contributed by atoms with Gasteiger partial charge in [0.15, 0.2) is 17.5 Å². The molecule has 0 aliphatic carbocycles. The summed E-state index contributed by atoms with van der Waals surface area (Å²) in [6.45, 7) is 0. The van der Waals surface area contributed by atoms with E-state index in [9.17, 15) is 18.0 Å². The highest BCUT2D eigenvalue weighted by molar-refractivity contribution is 7.99. The lowest BCUT2D eigenvalue weighted by molar-refractivity contribution is -0.113. The maximum atomic E-state index is 13.5. The van der Waals surface area contributed by atoms with Crippen LogP contribution in [-0.4, -0.2) is 16.6 Å². The average molecular weight is 348 g/mol. The number of amides is 1. The molecule has 0 unspecified atom stereocenters. The largest absolute Gasteiger partial charge is 0.323 e. The molecule has 1 heterocycles. The summed E-state index contributed by atoms with van der Waals surface area (Å²) >= 11 is 1.16. The van der Waals surface area contributed by atoms with Crippen LogP contribution in [0.1, 0.15) is 0 Å². The second kappa shape index (κ2) is 6.92. The quantitative estimate of drug-likeness (QED) is 0.562. The summed E-state index contributed by atoms with van der Waals surface area (Å²) in [6.07, 6.45) is 0. The highest BCUT2D eigenvalue weighted by atomic mass is 32.2. The lowest BCUT2D eigenvalue weighted by Crippen LogP contribution is -2.16. The van der Waals surface area contributed by atoms with E-state index in [1.807, 2.05) is 30.3 Å². The van der Waals surface area contributed by atoms with Gasteiger partial charge in [-0.05, 0) is 24.3 Å². The van der Waals surface area contributed by atoms with Gasteiger partial charge in [-0.25, -0.2) is 18.2 Å². The zero-order chi connectivity index (χ0) is 17.1. The number of halogens is 3. The van der Waals surface area contributed by atoms with Gasteiger partial charge in [-0.1, -0.05) is 36.0 Å². The molecule has 122 valence electrons. The maximum Gasteiger partial charge on any atom is 0.234 e. The smallest absolute Gasteiger partial charge is 0.234 e. The number of fused-ring (bicyclic) bond motifs is 1. The Morgan fingerprint density at radius 3 is 2.62 bits per heavy atom. The molecule has 0 spiro atoms. The van der Waals surface area contributed by atoms with Crippen molar-refractivity contribution < 1.29 is 18.0 Å². The summed E-state index contributed by atoms with van der Waals surface area (Å²) in [5.74, 6) is -4.92. The molecule has 0 aliphatic heterocycles. The van der Waals surface area contributed by atoms with Gasteiger partial charge in [0.1, 0.15) is 0 Å². The van der Waals surface area contributed by atoms with E-state index < -0.39 is 29.0 Å². The van der Waals surface area contributed by atoms with Crippen molar-refractivity contribution in [3.8, 4) is 0 Å². The topological polar surface area (TPSA) is 42.0 Å². The van der Waals surface area contributed by atoms with Gasteiger partial charge in [-0.15, -0.1) is 0 Å². The number of nitrogens with zero attached hydrogens (tertiary/aromatic N) is 1. The highest BCUT2D eigenvalue weighted by Crippen LogP contribution is 2.22. The Morgan fingerprint density at radius 2 is 1.79 bits per heavy atom. The van der Waals surface area contributed by atoms with Gasteiger partial charge >= 0.3 is 0 Å². The molecule has 1 aromatic heterocycles. The molecule has 0 fully saturated rings. The molecule has 0 saturated heterocycles. The molecule has 2 aromatic carbocycles. The predicted molar refractivity (Wildman–Crippen MR) is 87.4 cm³/mol. The Morgan fingerprint density at radius 1 is 1.00 bits per heavy atom. The maximum absolute atomic E-state index is 13.5. The Kier molecular flexibility index (Phi) is 4.71. The first-order valence-electron chi connectivity index (χ1n) is 6.96. The summed E-state index contributed by atoms with van der Waals surface area (Å²) in [5.41, 5.74) is 0.403. The standard InChI is InChI=1S/C17H11F3N2OS/c18-11-6-7-13(17(20)16(11)19)21-14(23)9-24-15-8-5-10-3-1-2-4-12(10)22-15/h1-8H,9H2,(H,21,23). The number of nitrogens with one attached hydrogen (secondary N) is 1. The van der Waals surface area contributed by atoms with Crippen molar-refractivity contribution in [1.29, 1.82) is 0 Å². The zero-order valence-corrected chi connectivity index (χ0v) is 13.0. The van der Waals surface area contributed by atoms with E-state index >= 15 is 0 Å². The van der Waals surface area contributed by atoms with Gasteiger partial charge in [-0.3, -0.25) is 4.79 Å². The summed E-state index contributed by atoms with van der Waals surface area (Å²) < 4.78 is 39.5. The highest BCUT2D eigenvalue weighted by Gasteiger charge is 2.15. The lowest BCUT2D eigenvalue weighted by atomic mass is 10.2. The Balaban J connectivity index is 1.65. The molecule has 0 atom stereocenters. The first kappa shape index (κ1) is 16.3. The van der Waals surface area contributed by atoms with E-state index in [1.165, 1.54) is 0 Å². The zero-order valence-electron chi connectivity index (χ0n) is 12.2. The van der Waals surface area contributed by atoms with Crippen molar-refractivity contribution in [3.05, 3.63) is 66.0 Å². The van der Waals surface area contributed by atoms with Crippen LogP contribution >= 0.6 is 11.8 Å². The number of para-hydroxylation sites is 1. The van der Waals surface area contributed by atoms with Crippen molar-refractivity contribution in [2.75, 3.05) is 11.1 Å². The van der Waals surface area contributed by atoms with Crippen molar-refractivity contribution in [2.24, 2.45) is 0 Å². The van der Waals surface area contributed by atoms with Crippen molar-refractivity contribution in [2.45, 2.75) is 5.03 Å². The molecule has 0 bridgehead atoms. The van der Waals surface area contributed by atoms with Gasteiger partial charge in [-0.2, -0.15) is 0 Å². The fourth-order valence-electron chi connectivity index (χ4n) is 2.08. The number of thioether (sulfide) groups is 1. The van der Waals surface area contributed by atoms with E-state index in [0.717, 1.165) is 34.8 Å². The van der Waals surface area contributed by atoms with Gasteiger partial charge < -0.3 is 5.32 Å². The lowest BCUT2D eigenvalue weighted by Gasteiger charge is -2.07. The number of aromatic nitrogens is 1. The minimum Gasteiger partial charge on any atom is -0.323 e. The van der Waals surface area contributed by atoms with Crippen LogP contribution in [-0.2, 0) is 4.79 Å². The van der Waals surface area contributed by atoms with Crippen LogP contribution in [0, 0.1) is 17.5 Å². The summed E-state index contributed by atoms with van der Waals surface area (Å²) in [7, 11) is 0. The minimum atomic E-state index is -1.61. The van der Waals surface area contributed by atoms with Crippen molar-refractivity contribution in [3.63, 3.8) is 0 Å². The minimum absolute atomic E-state index is 0.0379. The fraction of sp³-hybridized carbons (Fsp3) is 0.0588. The summed E-state index contributed by atoms with van der Waals surface area (Å²) in [5, 5.41) is 3.83. The van der Waals surface area contributed by atoms with Crippen LogP contribution in [0.25, 0.3) is 10.9 Å². The van der Waals surface area contributed by atoms with Crippen LogP contribution in [0.4, 0.5) is 18.9 Å². The third kappa shape index (κ3) is 3.51. The van der Waals surface area contributed by atoms with E-state index in [2.05, 4.69) is 10.3 Å². The molecule has 3 rings (SSSR count). The number of hydrogen-bond acceptors (Lipinski definition) is 3.